The smallest absolute Gasteiger partial charge is 0.203 e. The third-order valence-electron chi connectivity index (χ3n) is 2.51. The molecule has 2 aromatic rings. The Kier molecular flexibility index (Phi) is 4.62. The lowest BCUT2D eigenvalue weighted by atomic mass is 10.3. The zero-order chi connectivity index (χ0) is 14.5. The van der Waals surface area contributed by atoms with Crippen molar-refractivity contribution in [2.24, 2.45) is 0 Å². The van der Waals surface area contributed by atoms with E-state index in [1.807, 2.05) is 0 Å². The Hall–Kier alpha value is -2.02. The lowest BCUT2D eigenvalue weighted by Gasteiger charge is -2.09. The molecule has 2 rings (SSSR count). The second-order valence-corrected chi connectivity index (χ2v) is 3.95. The van der Waals surface area contributed by atoms with E-state index in [0.29, 0.717) is 6.54 Å². The molecular weight excluding hydrogens is 278 g/mol. The molecule has 7 heteroatoms. The first-order valence-corrected chi connectivity index (χ1v) is 5.77. The molecule has 0 saturated carbocycles. The predicted molar refractivity (Wildman–Crippen MR) is 62.2 cm³/mol. The molecule has 3 nitrogen and oxygen atoms in total. The second-order valence-electron chi connectivity index (χ2n) is 3.95. The number of nitrogens with one attached hydrogen (secondary N) is 1. The largest absolute Gasteiger partial charge is 0.486 e. The minimum absolute atomic E-state index is 0.134. The van der Waals surface area contributed by atoms with Crippen molar-refractivity contribution >= 4 is 0 Å². The number of hydrogen-bond donors (Lipinski definition) is 1. The van der Waals surface area contributed by atoms with E-state index in [-0.39, 0.29) is 19.2 Å². The van der Waals surface area contributed by atoms with Crippen LogP contribution < -0.4 is 10.1 Å². The normalized spacial score (nSPS) is 10.8. The van der Waals surface area contributed by atoms with E-state index >= 15 is 0 Å². The molecule has 0 aliphatic rings. The van der Waals surface area contributed by atoms with Crippen molar-refractivity contribution in [1.82, 2.24) is 5.32 Å². The molecule has 20 heavy (non-hydrogen) atoms. The fraction of sp³-hybridized carbons (Fsp3) is 0.231. The maximum Gasteiger partial charge on any atom is 0.203 e. The molecule has 1 aromatic heterocycles. The number of benzene rings is 1. The Morgan fingerprint density at radius 2 is 1.80 bits per heavy atom. The molecule has 0 atom stereocenters. The minimum atomic E-state index is -1.54. The number of hydrogen-bond acceptors (Lipinski definition) is 3. The Labute approximate surface area is 112 Å². The summed E-state index contributed by atoms with van der Waals surface area (Å²) in [5.74, 6) is -7.12. The monoisotopic (exact) mass is 289 g/mol. The van der Waals surface area contributed by atoms with Crippen LogP contribution in [0.15, 0.2) is 29.1 Å². The molecule has 0 spiro atoms. The molecule has 0 bridgehead atoms. The van der Waals surface area contributed by atoms with Crippen LogP contribution in [0.25, 0.3) is 0 Å². The highest BCUT2D eigenvalue weighted by molar-refractivity contribution is 5.28. The molecule has 1 aromatic carbocycles. The van der Waals surface area contributed by atoms with Gasteiger partial charge in [-0.25, -0.2) is 8.78 Å². The van der Waals surface area contributed by atoms with E-state index in [0.717, 1.165) is 5.56 Å². The van der Waals surface area contributed by atoms with Gasteiger partial charge in [0, 0.05) is 24.7 Å². The first-order chi connectivity index (χ1) is 9.59. The Bertz CT molecular complexity index is 546. The summed E-state index contributed by atoms with van der Waals surface area (Å²) in [4.78, 5) is 0. The second kappa shape index (κ2) is 6.42. The van der Waals surface area contributed by atoms with Crippen LogP contribution in [-0.2, 0) is 6.54 Å². The topological polar surface area (TPSA) is 34.4 Å². The number of furan rings is 1. The van der Waals surface area contributed by atoms with E-state index in [1.54, 1.807) is 6.07 Å². The highest BCUT2D eigenvalue weighted by Crippen LogP contribution is 2.26. The summed E-state index contributed by atoms with van der Waals surface area (Å²) in [6, 6.07) is 1.88. The van der Waals surface area contributed by atoms with E-state index in [9.17, 15) is 17.6 Å². The van der Waals surface area contributed by atoms with Crippen LogP contribution in [0.4, 0.5) is 17.6 Å². The third kappa shape index (κ3) is 3.30. The summed E-state index contributed by atoms with van der Waals surface area (Å²) in [7, 11) is 0. The molecule has 1 N–H and O–H groups in total. The zero-order valence-corrected chi connectivity index (χ0v) is 10.3. The maximum absolute atomic E-state index is 13.2. The van der Waals surface area contributed by atoms with Crippen LogP contribution in [0, 0.1) is 23.3 Å². The third-order valence-corrected chi connectivity index (χ3v) is 2.51. The van der Waals surface area contributed by atoms with Crippen molar-refractivity contribution in [1.29, 1.82) is 0 Å². The standard InChI is InChI=1S/C13H11F4NO2/c14-9-5-10(15)12(17)13(11(9)16)20-4-2-18-6-8-1-3-19-7-8/h1,3,5,7,18H,2,4,6H2. The van der Waals surface area contributed by atoms with E-state index in [1.165, 1.54) is 12.5 Å². The number of ether oxygens (including phenoxy) is 1. The number of rotatable bonds is 6. The van der Waals surface area contributed by atoms with Gasteiger partial charge >= 0.3 is 0 Å². The van der Waals surface area contributed by atoms with E-state index in [4.69, 9.17) is 9.15 Å². The quantitative estimate of drug-likeness (QED) is 0.504. The molecule has 1 heterocycles. The minimum Gasteiger partial charge on any atom is -0.486 e. The Morgan fingerprint density at radius 3 is 2.40 bits per heavy atom. The fourth-order valence-corrected chi connectivity index (χ4v) is 1.53. The van der Waals surface area contributed by atoms with Gasteiger partial charge in [-0.3, -0.25) is 0 Å². The van der Waals surface area contributed by atoms with Crippen molar-refractivity contribution < 1.29 is 26.7 Å². The van der Waals surface area contributed by atoms with Crippen LogP contribution in [0.5, 0.6) is 5.75 Å². The average Bonchev–Trinajstić information content (AvgIpc) is 2.93. The molecular formula is C13H11F4NO2. The van der Waals surface area contributed by atoms with Gasteiger partial charge in [0.05, 0.1) is 12.5 Å². The molecule has 0 aliphatic heterocycles. The summed E-state index contributed by atoms with van der Waals surface area (Å²) < 4.78 is 61.8. The first kappa shape index (κ1) is 14.4. The van der Waals surface area contributed by atoms with Crippen molar-refractivity contribution in [3.8, 4) is 5.75 Å². The summed E-state index contributed by atoms with van der Waals surface area (Å²) in [5.41, 5.74) is 0.888. The van der Waals surface area contributed by atoms with Crippen molar-refractivity contribution in [3.05, 3.63) is 53.5 Å². The molecule has 108 valence electrons. The predicted octanol–water partition coefficient (Wildman–Crippen LogP) is 3.00. The summed E-state index contributed by atoms with van der Waals surface area (Å²) in [5, 5.41) is 2.91. The molecule has 0 fully saturated rings. The van der Waals surface area contributed by atoms with E-state index < -0.39 is 29.0 Å². The summed E-state index contributed by atoms with van der Waals surface area (Å²) >= 11 is 0. The van der Waals surface area contributed by atoms with Crippen LogP contribution >= 0.6 is 0 Å². The highest BCUT2D eigenvalue weighted by Gasteiger charge is 2.20. The van der Waals surface area contributed by atoms with Gasteiger partial charge in [-0.2, -0.15) is 8.78 Å². The van der Waals surface area contributed by atoms with Gasteiger partial charge < -0.3 is 14.5 Å². The van der Waals surface area contributed by atoms with Gasteiger partial charge in [-0.05, 0) is 6.07 Å². The summed E-state index contributed by atoms with van der Waals surface area (Å²) in [6.45, 7) is 0.569. The van der Waals surface area contributed by atoms with Gasteiger partial charge in [0.1, 0.15) is 6.61 Å². The van der Waals surface area contributed by atoms with E-state index in [2.05, 4.69) is 5.32 Å². The maximum atomic E-state index is 13.2. The Morgan fingerprint density at radius 1 is 1.10 bits per heavy atom. The SMILES string of the molecule is Fc1cc(F)c(F)c(OCCNCc2ccoc2)c1F. The first-order valence-electron chi connectivity index (χ1n) is 5.77. The molecule has 0 aliphatic carbocycles. The van der Waals surface area contributed by atoms with Crippen molar-refractivity contribution in [2.45, 2.75) is 6.54 Å². The molecule has 0 saturated heterocycles. The molecule has 0 amide bonds. The zero-order valence-electron chi connectivity index (χ0n) is 10.3. The van der Waals surface area contributed by atoms with Gasteiger partial charge in [-0.15, -0.1) is 0 Å². The molecule has 0 radical (unpaired) electrons. The lowest BCUT2D eigenvalue weighted by Crippen LogP contribution is -2.21. The van der Waals surface area contributed by atoms with Crippen molar-refractivity contribution in [3.63, 3.8) is 0 Å². The number of halogens is 4. The Balaban J connectivity index is 1.85. The molecule has 0 unspecified atom stereocenters. The van der Waals surface area contributed by atoms with Crippen molar-refractivity contribution in [2.75, 3.05) is 13.2 Å². The van der Waals surface area contributed by atoms with Gasteiger partial charge in [-0.1, -0.05) is 0 Å². The van der Waals surface area contributed by atoms with Gasteiger partial charge in [0.15, 0.2) is 17.4 Å². The van der Waals surface area contributed by atoms with Gasteiger partial charge in [0.25, 0.3) is 0 Å². The fourth-order valence-electron chi connectivity index (χ4n) is 1.53. The summed E-state index contributed by atoms with van der Waals surface area (Å²) in [6.07, 6.45) is 3.04. The van der Waals surface area contributed by atoms with Crippen LogP contribution in [-0.4, -0.2) is 13.2 Å². The van der Waals surface area contributed by atoms with Crippen LogP contribution in [0.1, 0.15) is 5.56 Å². The van der Waals surface area contributed by atoms with Gasteiger partial charge in [0.2, 0.25) is 11.6 Å². The van der Waals surface area contributed by atoms with Crippen LogP contribution in [0.3, 0.4) is 0 Å². The van der Waals surface area contributed by atoms with Crippen LogP contribution in [0.2, 0.25) is 0 Å². The average molecular weight is 289 g/mol. The highest BCUT2D eigenvalue weighted by atomic mass is 19.2. The lowest BCUT2D eigenvalue weighted by molar-refractivity contribution is 0.270.